The van der Waals surface area contributed by atoms with Gasteiger partial charge in [-0.3, -0.25) is 0 Å². The number of thioether (sulfide) groups is 1. The molecular weight excluding hydrogens is 274 g/mol. The van der Waals surface area contributed by atoms with E-state index in [-0.39, 0.29) is 12.7 Å². The van der Waals surface area contributed by atoms with Gasteiger partial charge in [-0.25, -0.2) is 0 Å². The highest BCUT2D eigenvalue weighted by Crippen LogP contribution is 2.44. The van der Waals surface area contributed by atoms with E-state index in [1.807, 2.05) is 0 Å². The van der Waals surface area contributed by atoms with E-state index in [0.717, 1.165) is 11.2 Å². The van der Waals surface area contributed by atoms with Gasteiger partial charge in [-0.1, -0.05) is 17.4 Å². The van der Waals surface area contributed by atoms with Crippen molar-refractivity contribution < 1.29 is 8.78 Å². The summed E-state index contributed by atoms with van der Waals surface area (Å²) in [5.41, 5.74) is 2.67. The molecule has 96 valence electrons. The molecule has 0 aromatic carbocycles. The molecule has 0 saturated carbocycles. The van der Waals surface area contributed by atoms with E-state index in [1.165, 1.54) is 0 Å². The van der Waals surface area contributed by atoms with Gasteiger partial charge in [0.15, 0.2) is 0 Å². The minimum absolute atomic E-state index is 0.190. The zero-order valence-electron chi connectivity index (χ0n) is 10.6. The van der Waals surface area contributed by atoms with Crippen molar-refractivity contribution in [2.75, 3.05) is 0 Å². The summed E-state index contributed by atoms with van der Waals surface area (Å²) < 4.78 is 29.6. The predicted molar refractivity (Wildman–Crippen MR) is 79.3 cm³/mol. The summed E-state index contributed by atoms with van der Waals surface area (Å²) in [4.78, 5) is 0. The summed E-state index contributed by atoms with van der Waals surface area (Å²) in [7, 11) is 11.3. The Morgan fingerprint density at radius 1 is 1.40 bits per heavy atom. The number of aromatic nitrogens is 1. The summed E-state index contributed by atoms with van der Waals surface area (Å²) in [6.45, 7) is 0. The second-order valence-electron chi connectivity index (χ2n) is 4.61. The van der Waals surface area contributed by atoms with Crippen molar-refractivity contribution in [2.24, 2.45) is 0 Å². The largest absolute Gasteiger partial charge is 0.308 e. The lowest BCUT2D eigenvalue weighted by Crippen LogP contribution is -2.10. The van der Waals surface area contributed by atoms with Crippen molar-refractivity contribution >= 4 is 38.4 Å². The van der Waals surface area contributed by atoms with Gasteiger partial charge in [-0.2, -0.15) is 8.78 Å². The molecule has 3 rings (SSSR count). The van der Waals surface area contributed by atoms with Gasteiger partial charge >= 0.3 is 0 Å². The van der Waals surface area contributed by atoms with Crippen LogP contribution >= 0.6 is 11.8 Å². The lowest BCUT2D eigenvalue weighted by atomic mass is 9.95. The van der Waals surface area contributed by atoms with Crippen LogP contribution in [-0.4, -0.2) is 25.3 Å². The van der Waals surface area contributed by atoms with Crippen LogP contribution in [0.15, 0.2) is 23.2 Å². The van der Waals surface area contributed by atoms with Gasteiger partial charge in [0.1, 0.15) is 12.9 Å². The summed E-state index contributed by atoms with van der Waals surface area (Å²) in [5.74, 6) is 5.58. The number of nitrogens with zero attached hydrogens (tertiary/aromatic N) is 1. The summed E-state index contributed by atoms with van der Waals surface area (Å²) >= 11 is 0.551. The molecule has 0 N–H and O–H groups in total. The summed E-state index contributed by atoms with van der Waals surface area (Å²) in [6, 6.07) is 5.31. The first-order valence-electron chi connectivity index (χ1n) is 6.20. The SMILES string of the molecule is [B]CC#Cc1cc2c([B])ccc3n2c1SC(F)(F)CC3. The molecule has 2 aromatic heterocycles. The maximum Gasteiger partial charge on any atom is 0.299 e. The third kappa shape index (κ3) is 2.24. The lowest BCUT2D eigenvalue weighted by molar-refractivity contribution is 0.0966. The lowest BCUT2D eigenvalue weighted by Gasteiger charge is -2.11. The first-order chi connectivity index (χ1) is 9.52. The average molecular weight is 283 g/mol. The summed E-state index contributed by atoms with van der Waals surface area (Å²) in [6.07, 6.45) is 0.305. The molecule has 20 heavy (non-hydrogen) atoms. The fourth-order valence-electron chi connectivity index (χ4n) is 2.33. The molecule has 2 aromatic rings. The van der Waals surface area contributed by atoms with Crippen LogP contribution < -0.4 is 5.46 Å². The van der Waals surface area contributed by atoms with Gasteiger partial charge < -0.3 is 4.40 Å². The topological polar surface area (TPSA) is 4.41 Å². The Labute approximate surface area is 122 Å². The standard InChI is InChI=1S/C14H9B2F2NS/c15-7-1-2-9-8-12-11(16)4-3-10-5-6-14(17,18)20-13(9)19(10)12/h3-4,8H,5-7H2. The van der Waals surface area contributed by atoms with Crippen LogP contribution in [0.25, 0.3) is 5.52 Å². The Kier molecular flexibility index (Phi) is 3.33. The molecule has 1 nitrogen and oxygen atoms in total. The smallest absolute Gasteiger partial charge is 0.299 e. The van der Waals surface area contributed by atoms with Crippen molar-refractivity contribution in [1.82, 2.24) is 4.40 Å². The molecule has 0 atom stereocenters. The fraction of sp³-hybridized carbons (Fsp3) is 0.286. The molecule has 0 amide bonds. The minimum atomic E-state index is -2.80. The molecule has 0 saturated heterocycles. The zero-order valence-corrected chi connectivity index (χ0v) is 11.4. The molecule has 1 aliphatic heterocycles. The highest BCUT2D eigenvalue weighted by Gasteiger charge is 2.35. The number of rotatable bonds is 0. The van der Waals surface area contributed by atoms with Crippen molar-refractivity contribution in [3.05, 3.63) is 29.5 Å². The molecule has 0 unspecified atom stereocenters. The Hall–Kier alpha value is -1.34. The van der Waals surface area contributed by atoms with Crippen LogP contribution in [-0.2, 0) is 6.42 Å². The van der Waals surface area contributed by atoms with Crippen LogP contribution in [0.3, 0.4) is 0 Å². The van der Waals surface area contributed by atoms with Gasteiger partial charge in [0, 0.05) is 17.6 Å². The van der Waals surface area contributed by atoms with Crippen molar-refractivity contribution in [2.45, 2.75) is 29.4 Å². The van der Waals surface area contributed by atoms with Crippen LogP contribution in [0, 0.1) is 11.8 Å². The number of hydrogen-bond donors (Lipinski definition) is 0. The second kappa shape index (κ2) is 4.89. The van der Waals surface area contributed by atoms with E-state index in [0.29, 0.717) is 34.2 Å². The first kappa shape index (κ1) is 13.6. The molecule has 0 aliphatic carbocycles. The summed E-state index contributed by atoms with van der Waals surface area (Å²) in [5, 5.41) is -2.35. The molecule has 1 aliphatic rings. The number of halogens is 2. The Bertz CT molecular complexity index is 743. The predicted octanol–water partition coefficient (Wildman–Crippen LogP) is 2.30. The van der Waals surface area contributed by atoms with Gasteiger partial charge in [-0.05, 0) is 36.6 Å². The minimum Gasteiger partial charge on any atom is -0.308 e. The highest BCUT2D eigenvalue weighted by molar-refractivity contribution is 8.00. The van der Waals surface area contributed by atoms with Crippen LogP contribution in [0.1, 0.15) is 17.7 Å². The van der Waals surface area contributed by atoms with Crippen LogP contribution in [0.2, 0.25) is 6.32 Å². The molecule has 6 heteroatoms. The monoisotopic (exact) mass is 283 g/mol. The maximum atomic E-state index is 13.9. The van der Waals surface area contributed by atoms with Gasteiger partial charge in [0.25, 0.3) is 5.25 Å². The van der Waals surface area contributed by atoms with E-state index in [1.54, 1.807) is 22.6 Å². The molecule has 0 spiro atoms. The molecule has 0 fully saturated rings. The molecule has 0 bridgehead atoms. The van der Waals surface area contributed by atoms with Crippen LogP contribution in [0.5, 0.6) is 0 Å². The van der Waals surface area contributed by atoms with Crippen molar-refractivity contribution in [1.29, 1.82) is 0 Å². The van der Waals surface area contributed by atoms with E-state index in [2.05, 4.69) is 11.8 Å². The number of alkyl halides is 2. The highest BCUT2D eigenvalue weighted by atomic mass is 32.2. The Morgan fingerprint density at radius 3 is 2.95 bits per heavy atom. The van der Waals surface area contributed by atoms with Gasteiger partial charge in [-0.15, -0.1) is 5.92 Å². The van der Waals surface area contributed by atoms with Gasteiger partial charge in [0.2, 0.25) is 0 Å². The van der Waals surface area contributed by atoms with E-state index in [4.69, 9.17) is 15.7 Å². The van der Waals surface area contributed by atoms with E-state index in [9.17, 15) is 8.78 Å². The fourth-order valence-corrected chi connectivity index (χ4v) is 3.35. The first-order valence-corrected chi connectivity index (χ1v) is 7.02. The molecule has 4 radical (unpaired) electrons. The maximum absolute atomic E-state index is 13.9. The average Bonchev–Trinajstić information content (AvgIpc) is 2.68. The van der Waals surface area contributed by atoms with Gasteiger partial charge in [0.05, 0.1) is 13.4 Å². The second-order valence-corrected chi connectivity index (χ2v) is 5.80. The molecule has 3 heterocycles. The van der Waals surface area contributed by atoms with E-state index >= 15 is 0 Å². The normalized spacial score (nSPS) is 16.5. The number of pyridine rings is 1. The Balaban J connectivity index is 2.32. The third-order valence-electron chi connectivity index (χ3n) is 3.24. The Morgan fingerprint density at radius 2 is 2.20 bits per heavy atom. The van der Waals surface area contributed by atoms with E-state index < -0.39 is 5.25 Å². The van der Waals surface area contributed by atoms with Crippen molar-refractivity contribution in [3.63, 3.8) is 0 Å². The third-order valence-corrected chi connectivity index (χ3v) is 4.34. The number of hydrogen-bond acceptors (Lipinski definition) is 1. The van der Waals surface area contributed by atoms with Crippen molar-refractivity contribution in [3.8, 4) is 11.8 Å². The quantitative estimate of drug-likeness (QED) is 0.530. The molecular formula is C14H9B2F2NS. The number of aryl methyl sites for hydroxylation is 1. The van der Waals surface area contributed by atoms with Crippen LogP contribution in [0.4, 0.5) is 8.78 Å². The zero-order chi connectivity index (χ0) is 14.3.